The second kappa shape index (κ2) is 6.38. The molecule has 0 amide bonds. The van der Waals surface area contributed by atoms with Gasteiger partial charge in [0.1, 0.15) is 6.26 Å². The third-order valence-electron chi connectivity index (χ3n) is 2.38. The molecule has 0 aromatic carbocycles. The second-order valence-electron chi connectivity index (χ2n) is 3.40. The van der Waals surface area contributed by atoms with Gasteiger partial charge in [0.2, 0.25) is 6.79 Å². The summed E-state index contributed by atoms with van der Waals surface area (Å²) in [6.07, 6.45) is 1.03. The molecule has 0 saturated heterocycles. The number of rotatable bonds is 8. The van der Waals surface area contributed by atoms with Gasteiger partial charge in [-0.1, -0.05) is 0 Å². The maximum Gasteiger partial charge on any atom is 0.382 e. The fraction of sp³-hybridized carbons (Fsp3) is 0.700. The van der Waals surface area contributed by atoms with E-state index >= 15 is 0 Å². The summed E-state index contributed by atoms with van der Waals surface area (Å²) in [6.45, 7) is 2.92. The fourth-order valence-corrected chi connectivity index (χ4v) is 3.60. The summed E-state index contributed by atoms with van der Waals surface area (Å²) in [5.41, 5.74) is 0. The SMILES string of the molecule is CCOP(=O)(OCC)C(OC)(C(=O)O)C1=COCO1. The molecule has 110 valence electrons. The fourth-order valence-electron chi connectivity index (χ4n) is 1.64. The number of hydrogen-bond donors (Lipinski definition) is 1. The van der Waals surface area contributed by atoms with Crippen LogP contribution in [0.5, 0.6) is 0 Å². The van der Waals surface area contributed by atoms with Crippen LogP contribution in [0.4, 0.5) is 0 Å². The van der Waals surface area contributed by atoms with Crippen molar-refractivity contribution in [2.75, 3.05) is 27.1 Å². The molecule has 8 nitrogen and oxygen atoms in total. The predicted octanol–water partition coefficient (Wildman–Crippen LogP) is 1.53. The van der Waals surface area contributed by atoms with Crippen LogP contribution in [0.15, 0.2) is 12.0 Å². The molecule has 0 aromatic rings. The molecule has 0 bridgehead atoms. The lowest BCUT2D eigenvalue weighted by atomic mass is 10.3. The molecular weight excluding hydrogens is 279 g/mol. The Morgan fingerprint density at radius 3 is 2.37 bits per heavy atom. The zero-order valence-corrected chi connectivity index (χ0v) is 11.8. The van der Waals surface area contributed by atoms with Gasteiger partial charge >= 0.3 is 18.9 Å². The summed E-state index contributed by atoms with van der Waals surface area (Å²) < 4.78 is 37.7. The lowest BCUT2D eigenvalue weighted by molar-refractivity contribution is -0.154. The topological polar surface area (TPSA) is 101 Å². The van der Waals surface area contributed by atoms with Crippen molar-refractivity contribution >= 4 is 13.6 Å². The van der Waals surface area contributed by atoms with Crippen LogP contribution in [-0.4, -0.2) is 43.5 Å². The van der Waals surface area contributed by atoms with E-state index in [1.165, 1.54) is 0 Å². The van der Waals surface area contributed by atoms with E-state index in [9.17, 15) is 14.5 Å². The average molecular weight is 296 g/mol. The highest BCUT2D eigenvalue weighted by atomic mass is 31.2. The molecule has 0 spiro atoms. The molecule has 0 aliphatic carbocycles. The summed E-state index contributed by atoms with van der Waals surface area (Å²) >= 11 is 0. The van der Waals surface area contributed by atoms with Crippen molar-refractivity contribution in [1.82, 2.24) is 0 Å². The molecule has 0 radical (unpaired) electrons. The van der Waals surface area contributed by atoms with Crippen molar-refractivity contribution in [2.45, 2.75) is 19.2 Å². The van der Waals surface area contributed by atoms with E-state index in [0.29, 0.717) is 0 Å². The van der Waals surface area contributed by atoms with E-state index in [1.54, 1.807) is 13.8 Å². The van der Waals surface area contributed by atoms with E-state index in [0.717, 1.165) is 13.4 Å². The van der Waals surface area contributed by atoms with Gasteiger partial charge in [0.25, 0.3) is 0 Å². The Hall–Kier alpha value is -1.08. The highest BCUT2D eigenvalue weighted by Gasteiger charge is 2.64. The molecule has 0 saturated carbocycles. The van der Waals surface area contributed by atoms with Crippen LogP contribution in [0.2, 0.25) is 0 Å². The van der Waals surface area contributed by atoms with Gasteiger partial charge < -0.3 is 28.4 Å². The Balaban J connectivity index is 3.35. The lowest BCUT2D eigenvalue weighted by Gasteiger charge is -2.33. The molecule has 1 aliphatic rings. The predicted molar refractivity (Wildman–Crippen MR) is 63.4 cm³/mol. The van der Waals surface area contributed by atoms with Crippen LogP contribution >= 0.6 is 7.60 Å². The Bertz CT molecular complexity index is 396. The van der Waals surface area contributed by atoms with Crippen LogP contribution in [0.25, 0.3) is 0 Å². The smallest absolute Gasteiger partial charge is 0.382 e. The van der Waals surface area contributed by atoms with Crippen molar-refractivity contribution in [3.05, 3.63) is 12.0 Å². The molecule has 1 heterocycles. The molecule has 0 fully saturated rings. The van der Waals surface area contributed by atoms with Crippen molar-refractivity contribution in [2.24, 2.45) is 0 Å². The first kappa shape index (κ1) is 16.0. The standard InChI is InChI=1S/C10H17O8P/c1-4-17-19(13,18-5-2)10(14-3,9(11)12)8-6-15-7-16-8/h6H,4-5,7H2,1-3H3,(H,11,12). The largest absolute Gasteiger partial charge is 0.478 e. The number of aliphatic carboxylic acids is 1. The Labute approximate surface area is 110 Å². The molecular formula is C10H17O8P. The summed E-state index contributed by atoms with van der Waals surface area (Å²) in [5, 5.41) is 7.06. The van der Waals surface area contributed by atoms with Crippen LogP contribution in [-0.2, 0) is 32.6 Å². The molecule has 1 aliphatic heterocycles. The molecule has 1 N–H and O–H groups in total. The molecule has 1 atom stereocenters. The summed E-state index contributed by atoms with van der Waals surface area (Å²) in [4.78, 5) is 11.6. The van der Waals surface area contributed by atoms with Crippen molar-refractivity contribution in [3.8, 4) is 0 Å². The van der Waals surface area contributed by atoms with Crippen LogP contribution in [0.3, 0.4) is 0 Å². The minimum absolute atomic E-state index is 0.0101. The summed E-state index contributed by atoms with van der Waals surface area (Å²) in [6, 6.07) is 0. The van der Waals surface area contributed by atoms with Crippen molar-refractivity contribution < 1.29 is 37.7 Å². The Kier molecular flexibility index (Phi) is 5.37. The third kappa shape index (κ3) is 2.62. The maximum absolute atomic E-state index is 12.8. The molecule has 0 aromatic heterocycles. The zero-order valence-electron chi connectivity index (χ0n) is 11.0. The number of methoxy groups -OCH3 is 1. The highest BCUT2D eigenvalue weighted by Crippen LogP contribution is 2.63. The first-order valence-corrected chi connectivity index (χ1v) is 7.15. The number of ether oxygens (including phenoxy) is 3. The highest BCUT2D eigenvalue weighted by molar-refractivity contribution is 7.56. The van der Waals surface area contributed by atoms with E-state index in [1.807, 2.05) is 0 Å². The normalized spacial score (nSPS) is 18.2. The average Bonchev–Trinajstić information content (AvgIpc) is 2.84. The minimum Gasteiger partial charge on any atom is -0.478 e. The quantitative estimate of drug-likeness (QED) is 0.673. The van der Waals surface area contributed by atoms with Crippen LogP contribution in [0.1, 0.15) is 13.8 Å². The van der Waals surface area contributed by atoms with Crippen LogP contribution < -0.4 is 0 Å². The van der Waals surface area contributed by atoms with Crippen LogP contribution in [0, 0.1) is 0 Å². The number of carbonyl (C=O) groups is 1. The van der Waals surface area contributed by atoms with Crippen molar-refractivity contribution in [1.29, 1.82) is 0 Å². The van der Waals surface area contributed by atoms with Gasteiger partial charge in [0, 0.05) is 7.11 Å². The number of carboxylic acids is 1. The lowest BCUT2D eigenvalue weighted by Crippen LogP contribution is -2.44. The van der Waals surface area contributed by atoms with Gasteiger partial charge in [-0.15, -0.1) is 0 Å². The Morgan fingerprint density at radius 2 is 2.05 bits per heavy atom. The minimum atomic E-state index is -4.16. The molecule has 9 heteroatoms. The van der Waals surface area contributed by atoms with Crippen molar-refractivity contribution in [3.63, 3.8) is 0 Å². The molecule has 1 rings (SSSR count). The number of hydrogen-bond acceptors (Lipinski definition) is 7. The molecule has 1 unspecified atom stereocenters. The van der Waals surface area contributed by atoms with Gasteiger partial charge in [-0.25, -0.2) is 4.79 Å². The maximum atomic E-state index is 12.8. The zero-order chi connectivity index (χ0) is 14.5. The van der Waals surface area contributed by atoms with E-state index in [4.69, 9.17) is 23.3 Å². The van der Waals surface area contributed by atoms with Gasteiger partial charge in [-0.2, -0.15) is 0 Å². The monoisotopic (exact) mass is 296 g/mol. The number of carboxylic acid groups (broad SMARTS) is 1. The Morgan fingerprint density at radius 1 is 1.47 bits per heavy atom. The second-order valence-corrected chi connectivity index (χ2v) is 5.54. The van der Waals surface area contributed by atoms with Gasteiger partial charge in [-0.3, -0.25) is 4.57 Å². The van der Waals surface area contributed by atoms with E-state index in [2.05, 4.69) is 0 Å². The summed E-state index contributed by atoms with van der Waals surface area (Å²) in [5.74, 6) is -1.80. The van der Waals surface area contributed by atoms with Gasteiger partial charge in [0.05, 0.1) is 13.2 Å². The van der Waals surface area contributed by atoms with Gasteiger partial charge in [-0.05, 0) is 13.8 Å². The summed E-state index contributed by atoms with van der Waals surface area (Å²) in [7, 11) is -3.08. The van der Waals surface area contributed by atoms with E-state index in [-0.39, 0.29) is 25.8 Å². The third-order valence-corrected chi connectivity index (χ3v) is 4.94. The van der Waals surface area contributed by atoms with Gasteiger partial charge in [0.15, 0.2) is 5.76 Å². The molecule has 19 heavy (non-hydrogen) atoms. The van der Waals surface area contributed by atoms with E-state index < -0.39 is 18.9 Å². The first-order chi connectivity index (χ1) is 8.98. The first-order valence-electron chi connectivity index (χ1n) is 5.61.